The predicted octanol–water partition coefficient (Wildman–Crippen LogP) is 14.9. The molecule has 0 bridgehead atoms. The van der Waals surface area contributed by atoms with Crippen LogP contribution in [0.1, 0.15) is 22.3 Å². The van der Waals surface area contributed by atoms with Crippen molar-refractivity contribution < 1.29 is 0 Å². The number of aromatic nitrogens is 3. The second kappa shape index (κ2) is 13.6. The Bertz CT molecular complexity index is 3500. The first kappa shape index (κ1) is 35.0. The molecule has 0 radical (unpaired) electrons. The van der Waals surface area contributed by atoms with Crippen LogP contribution in [0.25, 0.3) is 98.8 Å². The van der Waals surface area contributed by atoms with Gasteiger partial charge in [-0.15, -0.1) is 11.3 Å². The molecule has 2 heterocycles. The van der Waals surface area contributed by atoms with E-state index in [4.69, 9.17) is 15.0 Å². The minimum Gasteiger partial charge on any atom is -0.208 e. The number of benzene rings is 9. The van der Waals surface area contributed by atoms with Gasteiger partial charge in [0.1, 0.15) is 0 Å². The summed E-state index contributed by atoms with van der Waals surface area (Å²) in [7, 11) is 0. The molecule has 2 aromatic heterocycles. The van der Waals surface area contributed by atoms with E-state index in [-0.39, 0.29) is 0 Å². The first-order valence-electron chi connectivity index (χ1n) is 21.1. The lowest BCUT2D eigenvalue weighted by molar-refractivity contribution is 0.796. The van der Waals surface area contributed by atoms with Crippen LogP contribution >= 0.6 is 11.3 Å². The van der Waals surface area contributed by atoms with Crippen LogP contribution in [0.2, 0.25) is 0 Å². The van der Waals surface area contributed by atoms with Gasteiger partial charge in [-0.1, -0.05) is 200 Å². The number of rotatable bonds is 5. The molecule has 0 fully saturated rings. The zero-order valence-electron chi connectivity index (χ0n) is 33.5. The molecule has 0 aliphatic heterocycles. The third kappa shape index (κ3) is 5.14. The molecule has 0 saturated heterocycles. The van der Waals surface area contributed by atoms with E-state index in [1.165, 1.54) is 75.8 Å². The minimum absolute atomic E-state index is 0.398. The summed E-state index contributed by atoms with van der Waals surface area (Å²) in [5.74, 6) is 1.97. The molecule has 0 saturated carbocycles. The zero-order valence-corrected chi connectivity index (χ0v) is 34.3. The average molecular weight is 806 g/mol. The van der Waals surface area contributed by atoms with Crippen LogP contribution in [-0.2, 0) is 5.41 Å². The van der Waals surface area contributed by atoms with Crippen LogP contribution in [0.5, 0.6) is 0 Å². The summed E-state index contributed by atoms with van der Waals surface area (Å²) < 4.78 is 2.50. The molecule has 3 nitrogen and oxygen atoms in total. The van der Waals surface area contributed by atoms with Crippen molar-refractivity contribution in [2.45, 2.75) is 5.41 Å². The maximum atomic E-state index is 5.09. The monoisotopic (exact) mass is 805 g/mol. The van der Waals surface area contributed by atoms with Crippen molar-refractivity contribution in [3.8, 4) is 78.7 Å². The van der Waals surface area contributed by atoms with Gasteiger partial charge in [0.25, 0.3) is 0 Å². The highest BCUT2D eigenvalue weighted by molar-refractivity contribution is 7.25. The number of hydrogen-bond donors (Lipinski definition) is 0. The zero-order chi connectivity index (χ0) is 40.8. The smallest absolute Gasteiger partial charge is 0.164 e. The van der Waals surface area contributed by atoms with Crippen LogP contribution < -0.4 is 0 Å². The Kier molecular flexibility index (Phi) is 7.69. The van der Waals surface area contributed by atoms with Crippen molar-refractivity contribution in [2.75, 3.05) is 0 Å². The summed E-state index contributed by atoms with van der Waals surface area (Å²) in [6, 6.07) is 76.9. The predicted molar refractivity (Wildman–Crippen MR) is 256 cm³/mol. The first-order valence-corrected chi connectivity index (χ1v) is 21.9. The van der Waals surface area contributed by atoms with E-state index >= 15 is 0 Å². The van der Waals surface area contributed by atoms with Crippen LogP contribution in [0.4, 0.5) is 0 Å². The average Bonchev–Trinajstić information content (AvgIpc) is 3.98. The largest absolute Gasteiger partial charge is 0.208 e. The first-order chi connectivity index (χ1) is 30.7. The lowest BCUT2D eigenvalue weighted by Gasteiger charge is -2.32. The Labute approximate surface area is 363 Å². The molecule has 0 atom stereocenters. The molecule has 2 aliphatic rings. The summed E-state index contributed by atoms with van der Waals surface area (Å²) >= 11 is 1.80. The van der Waals surface area contributed by atoms with E-state index in [0.29, 0.717) is 17.5 Å². The van der Waals surface area contributed by atoms with Crippen molar-refractivity contribution >= 4 is 31.5 Å². The molecule has 13 rings (SSSR count). The fourth-order valence-electron chi connectivity index (χ4n) is 10.3. The van der Waals surface area contributed by atoms with Crippen LogP contribution in [0.15, 0.2) is 212 Å². The summed E-state index contributed by atoms with van der Waals surface area (Å²) in [6.45, 7) is 0. The van der Waals surface area contributed by atoms with Crippen LogP contribution in [0.3, 0.4) is 0 Å². The highest BCUT2D eigenvalue weighted by Crippen LogP contribution is 2.64. The van der Waals surface area contributed by atoms with Gasteiger partial charge in [0.2, 0.25) is 0 Å². The maximum absolute atomic E-state index is 5.09. The molecule has 62 heavy (non-hydrogen) atoms. The number of thiophene rings is 1. The molecule has 0 amide bonds. The molecule has 1 spiro atoms. The Morgan fingerprint density at radius 2 is 0.726 bits per heavy atom. The molecule has 2 aliphatic carbocycles. The van der Waals surface area contributed by atoms with Crippen LogP contribution in [-0.4, -0.2) is 15.0 Å². The number of nitrogens with zero attached hydrogens (tertiary/aromatic N) is 3. The summed E-state index contributed by atoms with van der Waals surface area (Å²) in [5.41, 5.74) is 17.9. The van der Waals surface area contributed by atoms with Gasteiger partial charge in [0, 0.05) is 36.9 Å². The summed E-state index contributed by atoms with van der Waals surface area (Å²) in [5, 5.41) is 2.53. The van der Waals surface area contributed by atoms with Gasteiger partial charge in [-0.05, 0) is 78.9 Å². The van der Waals surface area contributed by atoms with Crippen LogP contribution in [0, 0.1) is 0 Å². The van der Waals surface area contributed by atoms with Crippen molar-refractivity contribution in [1.82, 2.24) is 15.0 Å². The molecule has 9 aromatic carbocycles. The van der Waals surface area contributed by atoms with E-state index < -0.39 is 5.41 Å². The van der Waals surface area contributed by atoms with E-state index in [9.17, 15) is 0 Å². The van der Waals surface area contributed by atoms with Gasteiger partial charge in [-0.25, -0.2) is 15.0 Å². The van der Waals surface area contributed by atoms with E-state index in [1.807, 2.05) is 18.2 Å². The second-order valence-corrected chi connectivity index (χ2v) is 17.3. The topological polar surface area (TPSA) is 38.7 Å². The molecule has 11 aromatic rings. The third-order valence-electron chi connectivity index (χ3n) is 13.0. The fraction of sp³-hybridized carbons (Fsp3) is 0.0172. The Hall–Kier alpha value is -7.79. The van der Waals surface area contributed by atoms with Gasteiger partial charge in [-0.2, -0.15) is 0 Å². The SMILES string of the molecule is c1ccc(-c2nc(-c3ccc(-c4ccc(-c5cccc6c5C5(c7ccccc7-c7ccccc75)c5ccccc5-6)cc4)cc3)nc(-c3ccc4c(c3)sc3ccccc34)n2)cc1. The summed E-state index contributed by atoms with van der Waals surface area (Å²) in [4.78, 5) is 15.1. The number of hydrogen-bond acceptors (Lipinski definition) is 4. The third-order valence-corrected chi connectivity index (χ3v) is 14.1. The lowest BCUT2D eigenvalue weighted by Crippen LogP contribution is -2.26. The van der Waals surface area contributed by atoms with E-state index in [0.717, 1.165) is 27.8 Å². The Balaban J connectivity index is 0.876. The molecule has 0 unspecified atom stereocenters. The standard InChI is InChI=1S/C58H35N3S/c1-2-13-39(14-3-1)55-59-56(61-57(60-55)41-33-34-47-46-18-7-11-24-52(46)62-53(47)35-41)40-31-27-37(28-32-40)36-25-29-38(30-26-36)42-19-12-20-48-45-17-6-10-23-51(45)58(54(42)48)49-21-8-4-15-43(49)44-16-5-9-22-50(44)58/h1-35H. The van der Waals surface area contributed by atoms with Crippen molar-refractivity contribution in [3.05, 3.63) is 235 Å². The van der Waals surface area contributed by atoms with Crippen molar-refractivity contribution in [1.29, 1.82) is 0 Å². The normalized spacial score (nSPS) is 13.0. The highest BCUT2D eigenvalue weighted by Gasteiger charge is 2.52. The quantitative estimate of drug-likeness (QED) is 0.174. The second-order valence-electron chi connectivity index (χ2n) is 16.3. The Morgan fingerprint density at radius 3 is 1.37 bits per heavy atom. The van der Waals surface area contributed by atoms with Gasteiger partial charge in [0.05, 0.1) is 5.41 Å². The highest BCUT2D eigenvalue weighted by atomic mass is 32.1. The van der Waals surface area contributed by atoms with Gasteiger partial charge >= 0.3 is 0 Å². The van der Waals surface area contributed by atoms with E-state index in [1.54, 1.807) is 11.3 Å². The lowest BCUT2D eigenvalue weighted by atomic mass is 9.68. The number of fused-ring (bicyclic) bond motifs is 13. The minimum atomic E-state index is -0.398. The van der Waals surface area contributed by atoms with Crippen molar-refractivity contribution in [3.63, 3.8) is 0 Å². The van der Waals surface area contributed by atoms with E-state index in [2.05, 4.69) is 194 Å². The molecular formula is C58H35N3S. The molecule has 4 heteroatoms. The molecular weight excluding hydrogens is 771 g/mol. The Morgan fingerprint density at radius 1 is 0.290 bits per heavy atom. The molecule has 288 valence electrons. The fourth-order valence-corrected chi connectivity index (χ4v) is 11.4. The summed E-state index contributed by atoms with van der Waals surface area (Å²) in [6.07, 6.45) is 0. The van der Waals surface area contributed by atoms with Gasteiger partial charge < -0.3 is 0 Å². The molecule has 0 N–H and O–H groups in total. The van der Waals surface area contributed by atoms with Gasteiger partial charge in [0.15, 0.2) is 17.5 Å². The van der Waals surface area contributed by atoms with Crippen molar-refractivity contribution in [2.24, 2.45) is 0 Å². The maximum Gasteiger partial charge on any atom is 0.164 e. The van der Waals surface area contributed by atoms with Gasteiger partial charge in [-0.3, -0.25) is 0 Å².